The van der Waals surface area contributed by atoms with Crippen LogP contribution < -0.4 is 4.90 Å². The molecule has 25 heavy (non-hydrogen) atoms. The minimum atomic E-state index is -0.0596. The zero-order valence-electron chi connectivity index (χ0n) is 14.7. The second-order valence-electron chi connectivity index (χ2n) is 6.33. The molecule has 2 heterocycles. The summed E-state index contributed by atoms with van der Waals surface area (Å²) >= 11 is 1.53. The van der Waals surface area contributed by atoms with Crippen molar-refractivity contribution in [3.8, 4) is 0 Å². The molecular weight excluding hydrogens is 336 g/mol. The molecule has 6 nitrogen and oxygen atoms in total. The van der Waals surface area contributed by atoms with E-state index < -0.39 is 0 Å². The first kappa shape index (κ1) is 17.5. The van der Waals surface area contributed by atoms with Crippen LogP contribution in [-0.2, 0) is 23.1 Å². The highest BCUT2D eigenvalue weighted by Gasteiger charge is 2.27. The number of aromatic nitrogens is 2. The van der Waals surface area contributed by atoms with Gasteiger partial charge < -0.3 is 9.80 Å². The SMILES string of the molecule is Cc1ccc2c(c1)SCC(=O)N2CC(=O)N(C)CCc1cnn(C)c1. The average Bonchev–Trinajstić information content (AvgIpc) is 3.00. The maximum Gasteiger partial charge on any atom is 0.242 e. The molecule has 1 aliphatic heterocycles. The van der Waals surface area contributed by atoms with Crippen molar-refractivity contribution < 1.29 is 9.59 Å². The Morgan fingerprint density at radius 2 is 2.20 bits per heavy atom. The maximum atomic E-state index is 12.6. The highest BCUT2D eigenvalue weighted by molar-refractivity contribution is 8.00. The van der Waals surface area contributed by atoms with Crippen LogP contribution in [0.25, 0.3) is 0 Å². The van der Waals surface area contributed by atoms with Gasteiger partial charge in [-0.25, -0.2) is 0 Å². The molecule has 0 saturated heterocycles. The van der Waals surface area contributed by atoms with Crippen LogP contribution in [-0.4, -0.2) is 52.4 Å². The predicted octanol–water partition coefficient (Wildman–Crippen LogP) is 1.87. The van der Waals surface area contributed by atoms with Crippen molar-refractivity contribution in [1.29, 1.82) is 0 Å². The average molecular weight is 358 g/mol. The molecule has 1 aliphatic rings. The van der Waals surface area contributed by atoms with Crippen molar-refractivity contribution in [3.05, 3.63) is 41.7 Å². The number of hydrogen-bond donors (Lipinski definition) is 0. The normalized spacial score (nSPS) is 13.7. The summed E-state index contributed by atoms with van der Waals surface area (Å²) in [5.74, 6) is 0.300. The first-order valence-electron chi connectivity index (χ1n) is 8.19. The summed E-state index contributed by atoms with van der Waals surface area (Å²) in [4.78, 5) is 29.2. The van der Waals surface area contributed by atoms with E-state index in [4.69, 9.17) is 0 Å². The molecule has 0 unspecified atom stereocenters. The predicted molar refractivity (Wildman–Crippen MR) is 98.8 cm³/mol. The number of carbonyl (C=O) groups excluding carboxylic acids is 2. The van der Waals surface area contributed by atoms with E-state index in [2.05, 4.69) is 11.2 Å². The molecule has 0 saturated carbocycles. The van der Waals surface area contributed by atoms with Crippen LogP contribution in [0.2, 0.25) is 0 Å². The van der Waals surface area contributed by atoms with Crippen LogP contribution in [0.15, 0.2) is 35.5 Å². The molecule has 0 bridgehead atoms. The largest absolute Gasteiger partial charge is 0.344 e. The summed E-state index contributed by atoms with van der Waals surface area (Å²) in [6.45, 7) is 2.71. The molecule has 0 spiro atoms. The Hall–Kier alpha value is -2.28. The van der Waals surface area contributed by atoms with E-state index in [-0.39, 0.29) is 18.4 Å². The van der Waals surface area contributed by atoms with Crippen molar-refractivity contribution in [3.63, 3.8) is 0 Å². The fourth-order valence-electron chi connectivity index (χ4n) is 2.76. The van der Waals surface area contributed by atoms with Gasteiger partial charge in [0.05, 0.1) is 17.6 Å². The van der Waals surface area contributed by atoms with Gasteiger partial charge in [0.15, 0.2) is 0 Å². The Kier molecular flexibility index (Phi) is 5.13. The molecule has 2 aromatic rings. The number of benzene rings is 1. The van der Waals surface area contributed by atoms with Gasteiger partial charge >= 0.3 is 0 Å². The second kappa shape index (κ2) is 7.31. The number of carbonyl (C=O) groups is 2. The lowest BCUT2D eigenvalue weighted by Gasteiger charge is -2.30. The van der Waals surface area contributed by atoms with E-state index in [9.17, 15) is 9.59 Å². The van der Waals surface area contributed by atoms with Crippen LogP contribution in [0.4, 0.5) is 5.69 Å². The summed E-state index contributed by atoms with van der Waals surface area (Å²) in [6.07, 6.45) is 4.50. The number of fused-ring (bicyclic) bond motifs is 1. The van der Waals surface area contributed by atoms with Crippen LogP contribution >= 0.6 is 11.8 Å². The lowest BCUT2D eigenvalue weighted by Crippen LogP contribution is -2.44. The Bertz CT molecular complexity index is 802. The van der Waals surface area contributed by atoms with Crippen molar-refractivity contribution in [2.45, 2.75) is 18.2 Å². The quantitative estimate of drug-likeness (QED) is 0.819. The number of hydrogen-bond acceptors (Lipinski definition) is 4. The lowest BCUT2D eigenvalue weighted by atomic mass is 10.2. The Labute approximate surface area is 151 Å². The minimum Gasteiger partial charge on any atom is -0.344 e. The van der Waals surface area contributed by atoms with Crippen molar-refractivity contribution in [2.75, 3.05) is 30.8 Å². The number of nitrogens with zero attached hydrogens (tertiary/aromatic N) is 4. The molecule has 0 aliphatic carbocycles. The molecule has 132 valence electrons. The number of rotatable bonds is 5. The summed E-state index contributed by atoms with van der Waals surface area (Å²) in [7, 11) is 3.65. The number of thioether (sulfide) groups is 1. The van der Waals surface area contributed by atoms with Crippen molar-refractivity contribution in [1.82, 2.24) is 14.7 Å². The maximum absolute atomic E-state index is 12.6. The fourth-order valence-corrected chi connectivity index (χ4v) is 3.79. The second-order valence-corrected chi connectivity index (χ2v) is 7.34. The molecule has 0 radical (unpaired) electrons. The summed E-state index contributed by atoms with van der Waals surface area (Å²) in [5, 5.41) is 4.13. The number of likely N-dealkylation sites (N-methyl/N-ethyl adjacent to an activating group) is 1. The van der Waals surface area contributed by atoms with E-state index in [0.717, 1.165) is 28.1 Å². The monoisotopic (exact) mass is 358 g/mol. The molecule has 1 aromatic carbocycles. The number of anilines is 1. The number of aryl methyl sites for hydroxylation is 2. The molecular formula is C18H22N4O2S. The number of amides is 2. The minimum absolute atomic E-state index is 0.0182. The van der Waals surface area contributed by atoms with Gasteiger partial charge in [0.25, 0.3) is 0 Å². The van der Waals surface area contributed by atoms with Crippen LogP contribution in [0.1, 0.15) is 11.1 Å². The van der Waals surface area contributed by atoms with E-state index in [1.165, 1.54) is 11.8 Å². The zero-order chi connectivity index (χ0) is 18.0. The van der Waals surface area contributed by atoms with Gasteiger partial charge in [-0.15, -0.1) is 11.8 Å². The fraction of sp³-hybridized carbons (Fsp3) is 0.389. The molecule has 0 N–H and O–H groups in total. The Morgan fingerprint density at radius 3 is 2.92 bits per heavy atom. The molecule has 7 heteroatoms. The Morgan fingerprint density at radius 1 is 1.40 bits per heavy atom. The third-order valence-electron chi connectivity index (χ3n) is 4.27. The highest BCUT2D eigenvalue weighted by Crippen LogP contribution is 2.35. The smallest absolute Gasteiger partial charge is 0.242 e. The summed E-state index contributed by atoms with van der Waals surface area (Å²) in [5.41, 5.74) is 3.08. The Balaban J connectivity index is 1.64. The van der Waals surface area contributed by atoms with Crippen molar-refractivity contribution in [2.24, 2.45) is 7.05 Å². The first-order valence-corrected chi connectivity index (χ1v) is 9.18. The van der Waals surface area contributed by atoms with Crippen molar-refractivity contribution >= 4 is 29.3 Å². The van der Waals surface area contributed by atoms with Crippen LogP contribution in [0.5, 0.6) is 0 Å². The van der Waals surface area contributed by atoms with E-state index in [1.807, 2.05) is 38.5 Å². The van der Waals surface area contributed by atoms with E-state index in [0.29, 0.717) is 12.3 Å². The van der Waals surface area contributed by atoms with Gasteiger partial charge in [-0.05, 0) is 36.6 Å². The van der Waals surface area contributed by atoms with E-state index >= 15 is 0 Å². The zero-order valence-corrected chi connectivity index (χ0v) is 15.5. The highest BCUT2D eigenvalue weighted by atomic mass is 32.2. The molecule has 0 fully saturated rings. The lowest BCUT2D eigenvalue weighted by molar-refractivity contribution is -0.130. The molecule has 1 aromatic heterocycles. The summed E-state index contributed by atoms with van der Waals surface area (Å²) < 4.78 is 1.75. The van der Waals surface area contributed by atoms with E-state index in [1.54, 1.807) is 21.5 Å². The van der Waals surface area contributed by atoms with Crippen LogP contribution in [0, 0.1) is 6.92 Å². The molecule has 2 amide bonds. The standard InChI is InChI=1S/C18H22N4O2S/c1-13-4-5-15-16(8-13)25-12-18(24)22(15)11-17(23)20(2)7-6-14-9-19-21(3)10-14/h4-5,8-10H,6-7,11-12H2,1-3H3. The first-order chi connectivity index (χ1) is 11.9. The van der Waals surface area contributed by atoms with Gasteiger partial charge in [0.2, 0.25) is 11.8 Å². The van der Waals surface area contributed by atoms with Gasteiger partial charge in [0, 0.05) is 31.7 Å². The third-order valence-corrected chi connectivity index (χ3v) is 5.30. The van der Waals surface area contributed by atoms with Gasteiger partial charge in [-0.3, -0.25) is 14.3 Å². The van der Waals surface area contributed by atoms with Crippen LogP contribution in [0.3, 0.4) is 0 Å². The topological polar surface area (TPSA) is 58.4 Å². The molecule has 0 atom stereocenters. The van der Waals surface area contributed by atoms with Gasteiger partial charge in [-0.1, -0.05) is 6.07 Å². The molecule has 3 rings (SSSR count). The van der Waals surface area contributed by atoms with Gasteiger partial charge in [0.1, 0.15) is 6.54 Å². The summed E-state index contributed by atoms with van der Waals surface area (Å²) in [6, 6.07) is 5.97. The third kappa shape index (κ3) is 4.04. The van der Waals surface area contributed by atoms with Gasteiger partial charge in [-0.2, -0.15) is 5.10 Å².